The van der Waals surface area contributed by atoms with Crippen LogP contribution < -0.4 is 4.90 Å². The molecule has 0 bridgehead atoms. The second-order valence-corrected chi connectivity index (χ2v) is 8.84. The number of anilines is 2. The maximum Gasteiger partial charge on any atom is 0.335 e. The zero-order valence-corrected chi connectivity index (χ0v) is 18.1. The van der Waals surface area contributed by atoms with Crippen LogP contribution in [-0.2, 0) is 4.79 Å². The summed E-state index contributed by atoms with van der Waals surface area (Å²) in [6.07, 6.45) is 6.97. The molecule has 4 nitrogen and oxygen atoms in total. The highest BCUT2D eigenvalue weighted by molar-refractivity contribution is 6.35. The Kier molecular flexibility index (Phi) is 6.15. The molecule has 2 aromatic rings. The number of carbonyl (C=O) groups is 2. The van der Waals surface area contributed by atoms with Crippen molar-refractivity contribution in [1.29, 1.82) is 0 Å². The minimum atomic E-state index is -1.04. The van der Waals surface area contributed by atoms with Crippen LogP contribution in [0, 0.1) is 17.7 Å². The third-order valence-electron chi connectivity index (χ3n) is 6.34. The van der Waals surface area contributed by atoms with Crippen molar-refractivity contribution in [3.8, 4) is 0 Å². The predicted molar refractivity (Wildman–Crippen MR) is 120 cm³/mol. The zero-order chi connectivity index (χ0) is 22.1. The SMILES string of the molecule is CCCC1CCCC(Cl)C1/C=C1/C(=O)N(c2ccc(C(=O)O)cc2)c2cccc(F)c21. The van der Waals surface area contributed by atoms with Gasteiger partial charge in [0.15, 0.2) is 0 Å². The Bertz CT molecular complexity index is 1030. The number of hydrogen-bond donors (Lipinski definition) is 1. The number of carbonyl (C=O) groups excluding carboxylic acids is 1. The number of amides is 1. The van der Waals surface area contributed by atoms with Gasteiger partial charge in [-0.1, -0.05) is 38.3 Å². The van der Waals surface area contributed by atoms with Crippen LogP contribution in [0.2, 0.25) is 0 Å². The minimum absolute atomic E-state index is 0.0103. The molecule has 0 spiro atoms. The number of carboxylic acids is 1. The molecule has 162 valence electrons. The van der Waals surface area contributed by atoms with E-state index in [9.17, 15) is 14.0 Å². The Morgan fingerprint density at radius 3 is 2.65 bits per heavy atom. The van der Waals surface area contributed by atoms with Gasteiger partial charge in [0.1, 0.15) is 5.82 Å². The Balaban J connectivity index is 1.79. The highest BCUT2D eigenvalue weighted by Gasteiger charge is 2.38. The molecule has 2 aromatic carbocycles. The summed E-state index contributed by atoms with van der Waals surface area (Å²) in [7, 11) is 0. The van der Waals surface area contributed by atoms with Gasteiger partial charge in [-0.05, 0) is 61.1 Å². The van der Waals surface area contributed by atoms with Gasteiger partial charge in [-0.25, -0.2) is 9.18 Å². The van der Waals surface area contributed by atoms with E-state index in [1.165, 1.54) is 23.1 Å². The van der Waals surface area contributed by atoms with E-state index in [1.54, 1.807) is 24.3 Å². The van der Waals surface area contributed by atoms with Crippen LogP contribution in [0.4, 0.5) is 15.8 Å². The van der Waals surface area contributed by atoms with Gasteiger partial charge >= 0.3 is 5.97 Å². The summed E-state index contributed by atoms with van der Waals surface area (Å²) in [6, 6.07) is 10.7. The minimum Gasteiger partial charge on any atom is -0.478 e. The van der Waals surface area contributed by atoms with Gasteiger partial charge in [-0.3, -0.25) is 9.69 Å². The molecule has 4 rings (SSSR count). The highest BCUT2D eigenvalue weighted by atomic mass is 35.5. The predicted octanol–water partition coefficient (Wildman–Crippen LogP) is 6.41. The van der Waals surface area contributed by atoms with Gasteiger partial charge in [-0.2, -0.15) is 0 Å². The van der Waals surface area contributed by atoms with E-state index >= 15 is 0 Å². The first-order valence-electron chi connectivity index (χ1n) is 10.7. The number of halogens is 2. The summed E-state index contributed by atoms with van der Waals surface area (Å²) in [5, 5.41) is 9.07. The van der Waals surface area contributed by atoms with Crippen molar-refractivity contribution in [3.63, 3.8) is 0 Å². The average molecular weight is 442 g/mol. The fourth-order valence-electron chi connectivity index (χ4n) is 4.86. The molecular formula is C25H25ClFNO3. The van der Waals surface area contributed by atoms with Gasteiger partial charge < -0.3 is 5.11 Å². The third kappa shape index (κ3) is 3.99. The van der Waals surface area contributed by atoms with Gasteiger partial charge in [0, 0.05) is 22.2 Å². The lowest BCUT2D eigenvalue weighted by Crippen LogP contribution is -2.28. The number of nitrogens with zero attached hydrogens (tertiary/aromatic N) is 1. The lowest BCUT2D eigenvalue weighted by Gasteiger charge is -2.33. The van der Waals surface area contributed by atoms with Crippen molar-refractivity contribution in [1.82, 2.24) is 0 Å². The molecule has 1 amide bonds. The van der Waals surface area contributed by atoms with Crippen LogP contribution in [0.25, 0.3) is 5.57 Å². The fourth-order valence-corrected chi connectivity index (χ4v) is 5.30. The summed E-state index contributed by atoms with van der Waals surface area (Å²) in [5.41, 5.74) is 1.73. The molecule has 2 aliphatic rings. The highest BCUT2D eigenvalue weighted by Crippen LogP contribution is 2.46. The molecule has 0 radical (unpaired) electrons. The monoisotopic (exact) mass is 441 g/mol. The molecule has 1 saturated carbocycles. The quantitative estimate of drug-likeness (QED) is 0.431. The summed E-state index contributed by atoms with van der Waals surface area (Å²) in [6.45, 7) is 2.14. The summed E-state index contributed by atoms with van der Waals surface area (Å²) >= 11 is 6.69. The largest absolute Gasteiger partial charge is 0.478 e. The molecule has 1 fully saturated rings. The Labute approximate surface area is 186 Å². The number of alkyl halides is 1. The zero-order valence-electron chi connectivity index (χ0n) is 17.4. The molecule has 1 aliphatic carbocycles. The van der Waals surface area contributed by atoms with E-state index in [1.807, 2.05) is 6.08 Å². The molecule has 1 aliphatic heterocycles. The molecule has 1 N–H and O–H groups in total. The number of allylic oxidation sites excluding steroid dienone is 1. The number of aromatic carboxylic acids is 1. The normalized spacial score (nSPS) is 24.5. The van der Waals surface area contributed by atoms with Crippen LogP contribution in [0.15, 0.2) is 48.5 Å². The summed E-state index contributed by atoms with van der Waals surface area (Å²) < 4.78 is 14.9. The van der Waals surface area contributed by atoms with Crippen molar-refractivity contribution >= 4 is 40.4 Å². The van der Waals surface area contributed by atoms with Gasteiger partial charge in [0.25, 0.3) is 5.91 Å². The van der Waals surface area contributed by atoms with E-state index < -0.39 is 11.8 Å². The number of benzene rings is 2. The Morgan fingerprint density at radius 2 is 1.97 bits per heavy atom. The number of carboxylic acid groups (broad SMARTS) is 1. The number of rotatable bonds is 5. The van der Waals surface area contributed by atoms with Gasteiger partial charge in [-0.15, -0.1) is 11.6 Å². The second-order valence-electron chi connectivity index (χ2n) is 8.28. The van der Waals surface area contributed by atoms with Crippen LogP contribution in [0.5, 0.6) is 0 Å². The molecule has 6 heteroatoms. The molecule has 31 heavy (non-hydrogen) atoms. The van der Waals surface area contributed by atoms with Crippen molar-refractivity contribution in [2.75, 3.05) is 4.90 Å². The van der Waals surface area contributed by atoms with E-state index in [2.05, 4.69) is 6.92 Å². The van der Waals surface area contributed by atoms with Crippen molar-refractivity contribution < 1.29 is 19.1 Å². The molecule has 3 atom stereocenters. The summed E-state index contributed by atoms with van der Waals surface area (Å²) in [5.74, 6) is -1.42. The molecule has 1 heterocycles. The first-order valence-corrected chi connectivity index (χ1v) is 11.2. The van der Waals surface area contributed by atoms with E-state index in [-0.39, 0.29) is 22.8 Å². The average Bonchev–Trinajstić information content (AvgIpc) is 3.03. The number of hydrogen-bond acceptors (Lipinski definition) is 2. The van der Waals surface area contributed by atoms with E-state index in [0.717, 1.165) is 32.1 Å². The molecule has 0 aromatic heterocycles. The van der Waals surface area contributed by atoms with Crippen LogP contribution in [0.3, 0.4) is 0 Å². The first-order chi connectivity index (χ1) is 14.9. The maximum atomic E-state index is 14.9. The molecular weight excluding hydrogens is 417 g/mol. The van der Waals surface area contributed by atoms with Crippen LogP contribution in [0.1, 0.15) is 54.9 Å². The van der Waals surface area contributed by atoms with E-state index in [4.69, 9.17) is 16.7 Å². The lowest BCUT2D eigenvalue weighted by atomic mass is 9.75. The maximum absolute atomic E-state index is 14.9. The standard InChI is InChI=1S/C25H25ClFNO3/c1-2-5-15-6-3-7-20(26)18(15)14-19-23-21(27)8-4-9-22(23)28(24(19)29)17-12-10-16(11-13-17)25(30)31/h4,8-15,18,20H,2-3,5-7H2,1H3,(H,30,31)/b19-14+. The van der Waals surface area contributed by atoms with Crippen LogP contribution >= 0.6 is 11.6 Å². The van der Waals surface area contributed by atoms with E-state index in [0.29, 0.717) is 28.4 Å². The van der Waals surface area contributed by atoms with Crippen molar-refractivity contribution in [2.45, 2.75) is 44.4 Å². The van der Waals surface area contributed by atoms with Gasteiger partial charge in [0.05, 0.1) is 11.3 Å². The second kappa shape index (κ2) is 8.83. The lowest BCUT2D eigenvalue weighted by molar-refractivity contribution is -0.112. The Morgan fingerprint density at radius 1 is 1.23 bits per heavy atom. The fraction of sp³-hybridized carbons (Fsp3) is 0.360. The molecule has 3 unspecified atom stereocenters. The first kappa shape index (κ1) is 21.6. The molecule has 0 saturated heterocycles. The number of fused-ring (bicyclic) bond motifs is 1. The van der Waals surface area contributed by atoms with Gasteiger partial charge in [0.2, 0.25) is 0 Å². The van der Waals surface area contributed by atoms with Crippen molar-refractivity contribution in [3.05, 3.63) is 65.5 Å². The third-order valence-corrected chi connectivity index (χ3v) is 6.85. The summed E-state index contributed by atoms with van der Waals surface area (Å²) in [4.78, 5) is 26.1. The smallest absolute Gasteiger partial charge is 0.335 e. The Hall–Kier alpha value is -2.66. The topological polar surface area (TPSA) is 57.6 Å². The van der Waals surface area contributed by atoms with Crippen LogP contribution in [-0.4, -0.2) is 22.4 Å². The van der Waals surface area contributed by atoms with Crippen molar-refractivity contribution in [2.24, 2.45) is 11.8 Å².